The second-order valence-corrected chi connectivity index (χ2v) is 8.22. The first-order valence-electron chi connectivity index (χ1n) is 8.37. The van der Waals surface area contributed by atoms with E-state index in [2.05, 4.69) is 15.5 Å². The van der Waals surface area contributed by atoms with Crippen LogP contribution in [0.2, 0.25) is 5.02 Å². The molecule has 4 aromatic rings. The Morgan fingerprint density at radius 3 is 2.64 bits per heavy atom. The normalized spacial score (nSPS) is 11.1. The molecule has 0 radical (unpaired) electrons. The van der Waals surface area contributed by atoms with Crippen molar-refractivity contribution in [2.24, 2.45) is 0 Å². The molecule has 0 aliphatic heterocycles. The van der Waals surface area contributed by atoms with Crippen molar-refractivity contribution in [3.63, 3.8) is 0 Å². The van der Waals surface area contributed by atoms with Gasteiger partial charge in [-0.05, 0) is 42.0 Å². The van der Waals surface area contributed by atoms with Gasteiger partial charge in [-0.15, -0.1) is 21.5 Å². The average Bonchev–Trinajstić information content (AvgIpc) is 3.27. The third-order valence-corrected chi connectivity index (χ3v) is 5.95. The minimum Gasteiger partial charge on any atom is -0.326 e. The number of thiazole rings is 1. The van der Waals surface area contributed by atoms with E-state index >= 15 is 0 Å². The van der Waals surface area contributed by atoms with Crippen LogP contribution in [-0.2, 0) is 4.79 Å². The Morgan fingerprint density at radius 2 is 1.89 bits per heavy atom. The van der Waals surface area contributed by atoms with Gasteiger partial charge in [-0.1, -0.05) is 35.5 Å². The summed E-state index contributed by atoms with van der Waals surface area (Å²) in [4.78, 5) is 12.9. The number of halogens is 2. The number of hydrogen-bond donors (Lipinski definition) is 1. The lowest BCUT2D eigenvalue weighted by molar-refractivity contribution is -0.115. The van der Waals surface area contributed by atoms with Gasteiger partial charge < -0.3 is 5.32 Å². The maximum Gasteiger partial charge on any atom is 0.225 e. The topological polar surface area (TPSA) is 59.3 Å². The zero-order chi connectivity index (χ0) is 19.5. The number of carbonyl (C=O) groups is 1. The molecule has 2 heterocycles. The molecule has 0 bridgehead atoms. The monoisotopic (exact) mass is 432 g/mol. The summed E-state index contributed by atoms with van der Waals surface area (Å²) in [7, 11) is 0. The first-order valence-corrected chi connectivity index (χ1v) is 10.6. The molecule has 0 aliphatic carbocycles. The maximum absolute atomic E-state index is 12.9. The van der Waals surface area contributed by atoms with Crippen LogP contribution >= 0.6 is 34.7 Å². The quantitative estimate of drug-likeness (QED) is 0.416. The predicted molar refractivity (Wildman–Crippen MR) is 112 cm³/mol. The van der Waals surface area contributed by atoms with Crippen molar-refractivity contribution in [3.8, 4) is 11.3 Å². The summed E-state index contributed by atoms with van der Waals surface area (Å²) in [6.45, 7) is 0. The van der Waals surface area contributed by atoms with Gasteiger partial charge in [-0.25, -0.2) is 4.39 Å². The third-order valence-electron chi connectivity index (χ3n) is 3.95. The molecular formula is C19H14ClFN4OS2. The summed E-state index contributed by atoms with van der Waals surface area (Å²) in [6.07, 6.45) is 0.303. The molecule has 0 saturated heterocycles. The van der Waals surface area contributed by atoms with Crippen LogP contribution in [0.15, 0.2) is 59.1 Å². The zero-order valence-corrected chi connectivity index (χ0v) is 16.8. The summed E-state index contributed by atoms with van der Waals surface area (Å²) in [5.74, 6) is 0.0729. The Bertz CT molecular complexity index is 1110. The lowest BCUT2D eigenvalue weighted by atomic mass is 10.2. The summed E-state index contributed by atoms with van der Waals surface area (Å²) >= 11 is 8.95. The molecule has 4 rings (SSSR count). The third kappa shape index (κ3) is 4.19. The Kier molecular flexibility index (Phi) is 5.61. The lowest BCUT2D eigenvalue weighted by Crippen LogP contribution is -2.12. The van der Waals surface area contributed by atoms with Gasteiger partial charge in [-0.3, -0.25) is 9.20 Å². The van der Waals surface area contributed by atoms with Crippen molar-refractivity contribution >= 4 is 51.3 Å². The van der Waals surface area contributed by atoms with Crippen LogP contribution in [0.25, 0.3) is 16.2 Å². The molecule has 1 N–H and O–H groups in total. The summed E-state index contributed by atoms with van der Waals surface area (Å²) in [6, 6.07) is 13.3. The minimum absolute atomic E-state index is 0.136. The van der Waals surface area contributed by atoms with Gasteiger partial charge in [0.25, 0.3) is 0 Å². The van der Waals surface area contributed by atoms with Crippen LogP contribution in [-0.4, -0.2) is 26.3 Å². The molecule has 5 nitrogen and oxygen atoms in total. The van der Waals surface area contributed by atoms with Gasteiger partial charge in [-0.2, -0.15) is 0 Å². The number of nitrogens with zero attached hydrogens (tertiary/aromatic N) is 3. The van der Waals surface area contributed by atoms with Crippen LogP contribution in [0.1, 0.15) is 6.42 Å². The molecule has 0 fully saturated rings. The highest BCUT2D eigenvalue weighted by molar-refractivity contribution is 7.99. The number of aromatic nitrogens is 3. The SMILES string of the molecule is O=C(CCSc1nnc2scc(-c3ccc(Cl)cc3)n12)Nc1ccc(F)cc1. The molecule has 9 heteroatoms. The summed E-state index contributed by atoms with van der Waals surface area (Å²) < 4.78 is 14.9. The number of amides is 1. The molecule has 0 saturated carbocycles. The van der Waals surface area contributed by atoms with Crippen LogP contribution in [0.5, 0.6) is 0 Å². The Hall–Kier alpha value is -2.42. The molecule has 2 aromatic heterocycles. The molecule has 0 unspecified atom stereocenters. The van der Waals surface area contributed by atoms with Gasteiger partial charge in [0, 0.05) is 28.3 Å². The van der Waals surface area contributed by atoms with E-state index in [1.54, 1.807) is 0 Å². The van der Waals surface area contributed by atoms with Gasteiger partial charge >= 0.3 is 0 Å². The zero-order valence-electron chi connectivity index (χ0n) is 14.4. The second kappa shape index (κ2) is 8.30. The fourth-order valence-electron chi connectivity index (χ4n) is 2.60. The summed E-state index contributed by atoms with van der Waals surface area (Å²) in [5, 5.41) is 14.6. The number of fused-ring (bicyclic) bond motifs is 1. The predicted octanol–water partition coefficient (Wildman–Crippen LogP) is 5.37. The Balaban J connectivity index is 1.42. The molecule has 142 valence electrons. The van der Waals surface area contributed by atoms with E-state index < -0.39 is 0 Å². The van der Waals surface area contributed by atoms with E-state index in [0.29, 0.717) is 22.9 Å². The average molecular weight is 433 g/mol. The first kappa shape index (κ1) is 18.9. The largest absolute Gasteiger partial charge is 0.326 e. The number of thioether (sulfide) groups is 1. The number of anilines is 1. The summed E-state index contributed by atoms with van der Waals surface area (Å²) in [5.41, 5.74) is 2.58. The number of benzene rings is 2. The Labute approximate surface area is 173 Å². The number of rotatable bonds is 6. The molecule has 1 amide bonds. The molecule has 2 aromatic carbocycles. The van der Waals surface area contributed by atoms with Gasteiger partial charge in [0.05, 0.1) is 5.69 Å². The van der Waals surface area contributed by atoms with E-state index in [4.69, 9.17) is 11.6 Å². The maximum atomic E-state index is 12.9. The smallest absolute Gasteiger partial charge is 0.225 e. The van der Waals surface area contributed by atoms with Gasteiger partial charge in [0.2, 0.25) is 10.9 Å². The van der Waals surface area contributed by atoms with Crippen LogP contribution in [0.3, 0.4) is 0 Å². The van der Waals surface area contributed by atoms with Crippen LogP contribution < -0.4 is 5.32 Å². The van der Waals surface area contributed by atoms with Crippen LogP contribution in [0.4, 0.5) is 10.1 Å². The number of hydrogen-bond acceptors (Lipinski definition) is 5. The van der Waals surface area contributed by atoms with Crippen molar-refractivity contribution in [2.75, 3.05) is 11.1 Å². The van der Waals surface area contributed by atoms with E-state index in [9.17, 15) is 9.18 Å². The molecule has 0 spiro atoms. The van der Waals surface area contributed by atoms with E-state index in [1.807, 2.05) is 34.0 Å². The van der Waals surface area contributed by atoms with Crippen molar-refractivity contribution in [3.05, 3.63) is 64.8 Å². The van der Waals surface area contributed by atoms with E-state index in [0.717, 1.165) is 21.4 Å². The highest BCUT2D eigenvalue weighted by Gasteiger charge is 2.14. The van der Waals surface area contributed by atoms with E-state index in [-0.39, 0.29) is 11.7 Å². The Morgan fingerprint density at radius 1 is 1.14 bits per heavy atom. The second-order valence-electron chi connectivity index (χ2n) is 5.88. The van der Waals surface area contributed by atoms with Gasteiger partial charge in [0.1, 0.15) is 5.82 Å². The highest BCUT2D eigenvalue weighted by Crippen LogP contribution is 2.30. The van der Waals surface area contributed by atoms with Crippen molar-refractivity contribution in [1.82, 2.24) is 14.6 Å². The molecule has 0 aliphatic rings. The lowest BCUT2D eigenvalue weighted by Gasteiger charge is -2.05. The van der Waals surface area contributed by atoms with Gasteiger partial charge in [0.15, 0.2) is 5.16 Å². The fraction of sp³-hybridized carbons (Fsp3) is 0.105. The van der Waals surface area contributed by atoms with Crippen molar-refractivity contribution < 1.29 is 9.18 Å². The van der Waals surface area contributed by atoms with E-state index in [1.165, 1.54) is 47.4 Å². The van der Waals surface area contributed by atoms with Crippen molar-refractivity contribution in [1.29, 1.82) is 0 Å². The van der Waals surface area contributed by atoms with Crippen molar-refractivity contribution in [2.45, 2.75) is 11.6 Å². The van der Waals surface area contributed by atoms with Crippen LogP contribution in [0, 0.1) is 5.82 Å². The number of carbonyl (C=O) groups excluding carboxylic acids is 1. The minimum atomic E-state index is -0.336. The standard InChI is InChI=1S/C19H14ClFN4OS2/c20-13-3-1-12(2-4-13)16-11-28-19-24-23-18(25(16)19)27-10-9-17(26)22-15-7-5-14(21)6-8-15/h1-8,11H,9-10H2,(H,22,26). The first-order chi connectivity index (χ1) is 13.6. The molecular weight excluding hydrogens is 419 g/mol. The highest BCUT2D eigenvalue weighted by atomic mass is 35.5. The number of nitrogens with one attached hydrogen (secondary N) is 1. The molecule has 0 atom stereocenters. The fourth-order valence-corrected chi connectivity index (χ4v) is 4.51. The molecule has 28 heavy (non-hydrogen) atoms.